The molecule has 1 aromatic heterocycles. The molecule has 0 aliphatic carbocycles. The lowest BCUT2D eigenvalue weighted by atomic mass is 10.2. The average Bonchev–Trinajstić information content (AvgIpc) is 3.15. The summed E-state index contributed by atoms with van der Waals surface area (Å²) >= 11 is 0. The molecule has 3 rings (SSSR count). The third kappa shape index (κ3) is 4.62. The van der Waals surface area contributed by atoms with Crippen LogP contribution in [0.3, 0.4) is 0 Å². The van der Waals surface area contributed by atoms with Gasteiger partial charge in [0.25, 0.3) is 0 Å². The summed E-state index contributed by atoms with van der Waals surface area (Å²) in [6, 6.07) is 1.84. The smallest absolute Gasteiger partial charge is 0.249 e. The first-order valence-corrected chi connectivity index (χ1v) is 8.46. The number of anilines is 1. The summed E-state index contributed by atoms with van der Waals surface area (Å²) in [5.41, 5.74) is 0. The molecular formula is C16H25N5O2. The second kappa shape index (κ2) is 8.21. The summed E-state index contributed by atoms with van der Waals surface area (Å²) in [5.74, 6) is 0.865. The molecule has 0 aromatic carbocycles. The number of nitrogens with one attached hydrogen (secondary N) is 1. The minimum absolute atomic E-state index is 0.0496. The van der Waals surface area contributed by atoms with E-state index in [4.69, 9.17) is 4.74 Å². The Morgan fingerprint density at radius 3 is 2.74 bits per heavy atom. The summed E-state index contributed by atoms with van der Waals surface area (Å²) in [6.45, 7) is 6.37. The van der Waals surface area contributed by atoms with Gasteiger partial charge in [-0.2, -0.15) is 0 Å². The lowest BCUT2D eigenvalue weighted by Crippen LogP contribution is -2.47. The Morgan fingerprint density at radius 1 is 1.26 bits per heavy atom. The Morgan fingerprint density at radius 2 is 2.04 bits per heavy atom. The van der Waals surface area contributed by atoms with Gasteiger partial charge in [0, 0.05) is 51.7 Å². The van der Waals surface area contributed by atoms with Gasteiger partial charge in [-0.3, -0.25) is 9.69 Å². The highest BCUT2D eigenvalue weighted by Gasteiger charge is 2.23. The van der Waals surface area contributed by atoms with Crippen molar-refractivity contribution < 1.29 is 9.53 Å². The lowest BCUT2D eigenvalue weighted by Gasteiger charge is -2.34. The number of hydrogen-bond acceptors (Lipinski definition) is 6. The summed E-state index contributed by atoms with van der Waals surface area (Å²) in [6.07, 6.45) is 6.17. The maximum atomic E-state index is 11.8. The third-order valence-corrected chi connectivity index (χ3v) is 4.38. The van der Waals surface area contributed by atoms with Gasteiger partial charge in [0.05, 0.1) is 0 Å². The van der Waals surface area contributed by atoms with Crippen LogP contribution in [0.4, 0.5) is 5.95 Å². The van der Waals surface area contributed by atoms with Gasteiger partial charge in [0.2, 0.25) is 11.9 Å². The number of nitrogens with zero attached hydrogens (tertiary/aromatic N) is 4. The third-order valence-electron chi connectivity index (χ3n) is 4.38. The summed E-state index contributed by atoms with van der Waals surface area (Å²) < 4.78 is 5.38. The van der Waals surface area contributed by atoms with Crippen molar-refractivity contribution in [3.63, 3.8) is 0 Å². The second-order valence-corrected chi connectivity index (χ2v) is 6.02. The van der Waals surface area contributed by atoms with E-state index in [1.165, 1.54) is 0 Å². The molecule has 1 aromatic rings. The van der Waals surface area contributed by atoms with E-state index >= 15 is 0 Å². The topological polar surface area (TPSA) is 70.6 Å². The molecule has 7 nitrogen and oxygen atoms in total. The predicted octanol–water partition coefficient (Wildman–Crippen LogP) is 0.284. The number of rotatable bonds is 6. The molecule has 7 heteroatoms. The maximum Gasteiger partial charge on any atom is 0.249 e. The zero-order chi connectivity index (χ0) is 15.9. The molecule has 2 aliphatic rings. The normalized spacial score (nSPS) is 22.3. The molecule has 1 unspecified atom stereocenters. The van der Waals surface area contributed by atoms with Crippen LogP contribution in [-0.2, 0) is 9.53 Å². The van der Waals surface area contributed by atoms with Crippen LogP contribution in [0.1, 0.15) is 19.3 Å². The number of carbonyl (C=O) groups is 1. The molecule has 23 heavy (non-hydrogen) atoms. The van der Waals surface area contributed by atoms with Gasteiger partial charge < -0.3 is 15.0 Å². The molecule has 1 N–H and O–H groups in total. The van der Waals surface area contributed by atoms with E-state index in [1.807, 2.05) is 6.07 Å². The van der Waals surface area contributed by atoms with E-state index in [9.17, 15) is 4.79 Å². The van der Waals surface area contributed by atoms with Crippen molar-refractivity contribution >= 4 is 11.9 Å². The number of piperazine rings is 1. The molecule has 0 bridgehead atoms. The van der Waals surface area contributed by atoms with E-state index in [0.717, 1.165) is 64.5 Å². The van der Waals surface area contributed by atoms with Crippen molar-refractivity contribution in [3.8, 4) is 0 Å². The Bertz CT molecular complexity index is 485. The Balaban J connectivity index is 1.29. The van der Waals surface area contributed by atoms with Crippen LogP contribution in [0, 0.1) is 0 Å². The largest absolute Gasteiger partial charge is 0.368 e. The van der Waals surface area contributed by atoms with Crippen molar-refractivity contribution in [3.05, 3.63) is 18.5 Å². The molecule has 2 fully saturated rings. The van der Waals surface area contributed by atoms with Crippen LogP contribution < -0.4 is 10.2 Å². The number of carbonyl (C=O) groups excluding carboxylic acids is 1. The van der Waals surface area contributed by atoms with Crippen LogP contribution in [0.5, 0.6) is 0 Å². The van der Waals surface area contributed by atoms with E-state index < -0.39 is 0 Å². The summed E-state index contributed by atoms with van der Waals surface area (Å²) in [4.78, 5) is 25.1. The molecule has 0 spiro atoms. The van der Waals surface area contributed by atoms with Gasteiger partial charge in [-0.05, 0) is 31.9 Å². The quantitative estimate of drug-likeness (QED) is 0.760. The Kier molecular flexibility index (Phi) is 5.76. The van der Waals surface area contributed by atoms with Crippen LogP contribution in [0.15, 0.2) is 18.5 Å². The maximum absolute atomic E-state index is 11.8. The van der Waals surface area contributed by atoms with Crippen LogP contribution in [-0.4, -0.2) is 72.8 Å². The predicted molar refractivity (Wildman–Crippen MR) is 87.3 cm³/mol. The van der Waals surface area contributed by atoms with E-state index in [0.29, 0.717) is 6.61 Å². The fourth-order valence-corrected chi connectivity index (χ4v) is 3.04. The molecule has 126 valence electrons. The molecule has 1 amide bonds. The minimum atomic E-state index is -0.218. The van der Waals surface area contributed by atoms with Crippen molar-refractivity contribution in [2.24, 2.45) is 0 Å². The number of amides is 1. The first kappa shape index (κ1) is 16.1. The van der Waals surface area contributed by atoms with Crippen LogP contribution in [0.25, 0.3) is 0 Å². The lowest BCUT2D eigenvalue weighted by molar-refractivity contribution is -0.130. The number of ether oxygens (including phenoxy) is 1. The van der Waals surface area contributed by atoms with E-state index in [1.54, 1.807) is 12.4 Å². The first-order chi connectivity index (χ1) is 11.3. The van der Waals surface area contributed by atoms with Gasteiger partial charge >= 0.3 is 0 Å². The van der Waals surface area contributed by atoms with Crippen molar-refractivity contribution in [2.45, 2.75) is 25.4 Å². The first-order valence-electron chi connectivity index (χ1n) is 8.46. The molecule has 3 heterocycles. The Hall–Kier alpha value is -1.73. The molecule has 1 atom stereocenters. The minimum Gasteiger partial charge on any atom is -0.368 e. The highest BCUT2D eigenvalue weighted by atomic mass is 16.5. The summed E-state index contributed by atoms with van der Waals surface area (Å²) in [7, 11) is 0. The molecule has 2 saturated heterocycles. The number of aromatic nitrogens is 2. The van der Waals surface area contributed by atoms with Crippen molar-refractivity contribution in [2.75, 3.05) is 50.8 Å². The Labute approximate surface area is 137 Å². The average molecular weight is 319 g/mol. The second-order valence-electron chi connectivity index (χ2n) is 6.02. The SMILES string of the molecule is O=C(NCCCN1CCN(c2ncccn2)CC1)C1CCCO1. The van der Waals surface area contributed by atoms with E-state index in [2.05, 4.69) is 25.1 Å². The fraction of sp³-hybridized carbons (Fsp3) is 0.688. The zero-order valence-corrected chi connectivity index (χ0v) is 13.5. The van der Waals surface area contributed by atoms with Gasteiger partial charge in [-0.1, -0.05) is 0 Å². The molecule has 2 aliphatic heterocycles. The molecule has 0 saturated carbocycles. The molecular weight excluding hydrogens is 294 g/mol. The monoisotopic (exact) mass is 319 g/mol. The van der Waals surface area contributed by atoms with E-state index in [-0.39, 0.29) is 12.0 Å². The van der Waals surface area contributed by atoms with Crippen LogP contribution >= 0.6 is 0 Å². The van der Waals surface area contributed by atoms with Crippen LogP contribution in [0.2, 0.25) is 0 Å². The van der Waals surface area contributed by atoms with Crippen molar-refractivity contribution in [1.29, 1.82) is 0 Å². The summed E-state index contributed by atoms with van der Waals surface area (Å²) in [5, 5.41) is 2.98. The zero-order valence-electron chi connectivity index (χ0n) is 13.5. The van der Waals surface area contributed by atoms with Gasteiger partial charge in [-0.15, -0.1) is 0 Å². The highest BCUT2D eigenvalue weighted by Crippen LogP contribution is 2.12. The number of hydrogen-bond donors (Lipinski definition) is 1. The van der Waals surface area contributed by atoms with Crippen molar-refractivity contribution in [1.82, 2.24) is 20.2 Å². The van der Waals surface area contributed by atoms with Gasteiger partial charge in [-0.25, -0.2) is 9.97 Å². The standard InChI is InChI=1S/C16H25N5O2/c22-15(14-4-1-13-23-14)17-7-3-8-20-9-11-21(12-10-20)16-18-5-2-6-19-16/h2,5-6,14H,1,3-4,7-13H2,(H,17,22). The van der Waals surface area contributed by atoms with Gasteiger partial charge in [0.1, 0.15) is 6.10 Å². The fourth-order valence-electron chi connectivity index (χ4n) is 3.04. The highest BCUT2D eigenvalue weighted by molar-refractivity contribution is 5.80. The van der Waals surface area contributed by atoms with Gasteiger partial charge in [0.15, 0.2) is 0 Å². The molecule has 0 radical (unpaired) electrons.